The molecule has 0 aromatic rings. The van der Waals surface area contributed by atoms with Gasteiger partial charge in [0.25, 0.3) is 0 Å². The van der Waals surface area contributed by atoms with E-state index in [9.17, 15) is 0 Å². The first kappa shape index (κ1) is 10.4. The maximum absolute atomic E-state index is 5.79. The minimum atomic E-state index is -0.239. The lowest BCUT2D eigenvalue weighted by atomic mass is 9.78. The van der Waals surface area contributed by atoms with Crippen LogP contribution in [0.15, 0.2) is 0 Å². The van der Waals surface area contributed by atoms with E-state index in [-0.39, 0.29) is 11.2 Å². The van der Waals surface area contributed by atoms with E-state index < -0.39 is 0 Å². The highest BCUT2D eigenvalue weighted by atomic mass is 16.7. The van der Waals surface area contributed by atoms with Gasteiger partial charge in [0, 0.05) is 12.8 Å². The second kappa shape index (κ2) is 3.47. The van der Waals surface area contributed by atoms with Crippen LogP contribution >= 0.6 is 0 Å². The van der Waals surface area contributed by atoms with E-state index in [0.29, 0.717) is 5.92 Å². The molecule has 1 saturated carbocycles. The Morgan fingerprint density at radius 1 is 1.36 bits per heavy atom. The molecule has 0 aromatic carbocycles. The normalized spacial score (nSPS) is 31.5. The van der Waals surface area contributed by atoms with Gasteiger partial charge in [-0.3, -0.25) is 0 Å². The summed E-state index contributed by atoms with van der Waals surface area (Å²) in [5.41, 5.74) is 6.01. The van der Waals surface area contributed by atoms with Crippen LogP contribution in [0.3, 0.4) is 0 Å². The summed E-state index contributed by atoms with van der Waals surface area (Å²) in [7, 11) is 0. The predicted octanol–water partition coefficient (Wildman–Crippen LogP) is 1.51. The van der Waals surface area contributed by atoms with E-state index in [0.717, 1.165) is 32.6 Å². The first-order valence-electron chi connectivity index (χ1n) is 5.56. The van der Waals surface area contributed by atoms with Crippen molar-refractivity contribution in [3.63, 3.8) is 0 Å². The van der Waals surface area contributed by atoms with Crippen LogP contribution in [-0.4, -0.2) is 25.5 Å². The Balaban J connectivity index is 2.00. The van der Waals surface area contributed by atoms with Crippen LogP contribution < -0.4 is 5.73 Å². The molecule has 1 atom stereocenters. The van der Waals surface area contributed by atoms with Gasteiger partial charge in [-0.2, -0.15) is 0 Å². The van der Waals surface area contributed by atoms with Crippen LogP contribution in [0.25, 0.3) is 0 Å². The zero-order valence-electron chi connectivity index (χ0n) is 9.21. The Kier molecular flexibility index (Phi) is 2.58. The van der Waals surface area contributed by atoms with Crippen molar-refractivity contribution in [1.29, 1.82) is 0 Å². The standard InChI is InChI=1S/C11H21NO2/c1-10(2,8-12)9-3-4-11(7-9)13-5-6-14-11/h9H,3-8,12H2,1-2H3. The van der Waals surface area contributed by atoms with Crippen LogP contribution in [0.1, 0.15) is 33.1 Å². The molecule has 0 bridgehead atoms. The molecule has 0 radical (unpaired) electrons. The molecule has 1 unspecified atom stereocenters. The van der Waals surface area contributed by atoms with Gasteiger partial charge in [0.2, 0.25) is 0 Å². The Hall–Kier alpha value is -0.120. The second-order valence-corrected chi connectivity index (χ2v) is 5.24. The van der Waals surface area contributed by atoms with Gasteiger partial charge in [-0.05, 0) is 24.3 Å². The highest BCUT2D eigenvalue weighted by molar-refractivity contribution is 4.92. The maximum atomic E-state index is 5.79. The number of ether oxygens (including phenoxy) is 2. The van der Waals surface area contributed by atoms with Crippen LogP contribution in [0.5, 0.6) is 0 Å². The zero-order chi connectivity index (χ0) is 10.2. The summed E-state index contributed by atoms with van der Waals surface area (Å²) in [5.74, 6) is 0.405. The van der Waals surface area contributed by atoms with Crippen molar-refractivity contribution in [2.75, 3.05) is 19.8 Å². The third-order valence-electron chi connectivity index (χ3n) is 3.88. The Bertz CT molecular complexity index is 209. The molecule has 3 nitrogen and oxygen atoms in total. The molecule has 0 amide bonds. The molecule has 2 N–H and O–H groups in total. The molecule has 1 aliphatic carbocycles. The number of nitrogens with two attached hydrogens (primary N) is 1. The average Bonchev–Trinajstić information content (AvgIpc) is 2.78. The predicted molar refractivity (Wildman–Crippen MR) is 54.8 cm³/mol. The van der Waals surface area contributed by atoms with Gasteiger partial charge < -0.3 is 15.2 Å². The molecule has 2 aliphatic rings. The van der Waals surface area contributed by atoms with Crippen molar-refractivity contribution in [3.05, 3.63) is 0 Å². The fraction of sp³-hybridized carbons (Fsp3) is 1.00. The third-order valence-corrected chi connectivity index (χ3v) is 3.88. The highest BCUT2D eigenvalue weighted by Crippen LogP contribution is 2.47. The monoisotopic (exact) mass is 199 g/mol. The Labute approximate surface area is 85.9 Å². The minimum Gasteiger partial charge on any atom is -0.348 e. The number of hydrogen-bond donors (Lipinski definition) is 1. The quantitative estimate of drug-likeness (QED) is 0.733. The Morgan fingerprint density at radius 2 is 2.00 bits per heavy atom. The summed E-state index contributed by atoms with van der Waals surface area (Å²) in [6, 6.07) is 0. The van der Waals surface area contributed by atoms with Crippen molar-refractivity contribution in [3.8, 4) is 0 Å². The number of hydrogen-bond acceptors (Lipinski definition) is 3. The average molecular weight is 199 g/mol. The van der Waals surface area contributed by atoms with Gasteiger partial charge in [-0.1, -0.05) is 13.8 Å². The van der Waals surface area contributed by atoms with Crippen molar-refractivity contribution < 1.29 is 9.47 Å². The highest BCUT2D eigenvalue weighted by Gasteiger charge is 2.47. The molecule has 3 heteroatoms. The SMILES string of the molecule is CC(C)(CN)C1CCC2(C1)OCCO2. The van der Waals surface area contributed by atoms with E-state index in [1.54, 1.807) is 0 Å². The Morgan fingerprint density at radius 3 is 2.57 bits per heavy atom. The summed E-state index contributed by atoms with van der Waals surface area (Å²) < 4.78 is 11.4. The van der Waals surface area contributed by atoms with Gasteiger partial charge in [0.05, 0.1) is 13.2 Å². The van der Waals surface area contributed by atoms with Crippen LogP contribution in [0.2, 0.25) is 0 Å². The topological polar surface area (TPSA) is 44.5 Å². The van der Waals surface area contributed by atoms with Gasteiger partial charge in [-0.25, -0.2) is 0 Å². The minimum absolute atomic E-state index is 0.221. The lowest BCUT2D eigenvalue weighted by molar-refractivity contribution is -0.154. The first-order valence-corrected chi connectivity index (χ1v) is 5.56. The molecule has 1 heterocycles. The van der Waals surface area contributed by atoms with Gasteiger partial charge in [-0.15, -0.1) is 0 Å². The van der Waals surface area contributed by atoms with Crippen molar-refractivity contribution >= 4 is 0 Å². The van der Waals surface area contributed by atoms with Crippen LogP contribution in [0, 0.1) is 11.3 Å². The molecule has 2 fully saturated rings. The summed E-state index contributed by atoms with van der Waals surface area (Å²) in [5, 5.41) is 0. The van der Waals surface area contributed by atoms with Crippen molar-refractivity contribution in [2.45, 2.75) is 38.9 Å². The van der Waals surface area contributed by atoms with E-state index in [1.807, 2.05) is 0 Å². The van der Waals surface area contributed by atoms with E-state index in [1.165, 1.54) is 6.42 Å². The van der Waals surface area contributed by atoms with Crippen LogP contribution in [-0.2, 0) is 9.47 Å². The smallest absolute Gasteiger partial charge is 0.168 e. The summed E-state index contributed by atoms with van der Waals surface area (Å²) in [6.45, 7) is 6.75. The molecule has 1 aliphatic heterocycles. The van der Waals surface area contributed by atoms with Gasteiger partial charge >= 0.3 is 0 Å². The molecule has 14 heavy (non-hydrogen) atoms. The maximum Gasteiger partial charge on any atom is 0.168 e. The molecule has 1 spiro atoms. The molecule has 1 saturated heterocycles. The summed E-state index contributed by atoms with van der Waals surface area (Å²) in [4.78, 5) is 0. The van der Waals surface area contributed by atoms with Gasteiger partial charge in [0.1, 0.15) is 0 Å². The largest absolute Gasteiger partial charge is 0.348 e. The first-order chi connectivity index (χ1) is 6.58. The fourth-order valence-electron chi connectivity index (χ4n) is 2.57. The van der Waals surface area contributed by atoms with E-state index in [2.05, 4.69) is 13.8 Å². The van der Waals surface area contributed by atoms with E-state index in [4.69, 9.17) is 15.2 Å². The third kappa shape index (κ3) is 1.69. The molecule has 0 aromatic heterocycles. The fourth-order valence-corrected chi connectivity index (χ4v) is 2.57. The lowest BCUT2D eigenvalue weighted by Crippen LogP contribution is -2.33. The number of rotatable bonds is 2. The summed E-state index contributed by atoms with van der Waals surface area (Å²) >= 11 is 0. The van der Waals surface area contributed by atoms with E-state index >= 15 is 0 Å². The lowest BCUT2D eigenvalue weighted by Gasteiger charge is -2.31. The summed E-state index contributed by atoms with van der Waals surface area (Å²) in [6.07, 6.45) is 3.25. The molecular weight excluding hydrogens is 178 g/mol. The zero-order valence-corrected chi connectivity index (χ0v) is 9.21. The van der Waals surface area contributed by atoms with Crippen LogP contribution in [0.4, 0.5) is 0 Å². The van der Waals surface area contributed by atoms with Crippen molar-refractivity contribution in [2.24, 2.45) is 17.1 Å². The second-order valence-electron chi connectivity index (χ2n) is 5.24. The van der Waals surface area contributed by atoms with Gasteiger partial charge in [0.15, 0.2) is 5.79 Å². The molecule has 2 rings (SSSR count). The molecular formula is C11H21NO2. The van der Waals surface area contributed by atoms with Crippen molar-refractivity contribution in [1.82, 2.24) is 0 Å². The molecule has 82 valence electrons.